The van der Waals surface area contributed by atoms with Crippen LogP contribution in [-0.2, 0) is 9.53 Å². The number of amides is 1. The van der Waals surface area contributed by atoms with Gasteiger partial charge in [-0.1, -0.05) is 0 Å². The first kappa shape index (κ1) is 12.2. The fourth-order valence-corrected chi connectivity index (χ4v) is 1.17. The molecule has 0 radical (unpaired) electrons. The van der Waals surface area contributed by atoms with Crippen LogP contribution in [0.5, 0.6) is 0 Å². The third-order valence-corrected chi connectivity index (χ3v) is 1.93. The number of carbonyl (C=O) groups excluding carboxylic acids is 2. The van der Waals surface area contributed by atoms with Crippen molar-refractivity contribution in [3.05, 3.63) is 29.8 Å². The third kappa shape index (κ3) is 3.36. The molecule has 2 N–H and O–H groups in total. The van der Waals surface area contributed by atoms with Crippen LogP contribution in [0.1, 0.15) is 10.4 Å². The second-order valence-corrected chi connectivity index (χ2v) is 3.15. The van der Waals surface area contributed by atoms with Gasteiger partial charge in [-0.05, 0) is 31.3 Å². The largest absolute Gasteiger partial charge is 0.465 e. The zero-order valence-corrected chi connectivity index (χ0v) is 9.24. The van der Waals surface area contributed by atoms with Crippen LogP contribution in [-0.4, -0.2) is 32.6 Å². The molecule has 16 heavy (non-hydrogen) atoms. The van der Waals surface area contributed by atoms with Crippen molar-refractivity contribution in [1.29, 1.82) is 0 Å². The Balaban J connectivity index is 2.64. The van der Waals surface area contributed by atoms with Crippen molar-refractivity contribution >= 4 is 17.6 Å². The number of hydrogen-bond acceptors (Lipinski definition) is 4. The van der Waals surface area contributed by atoms with Crippen LogP contribution < -0.4 is 10.6 Å². The first-order valence-electron chi connectivity index (χ1n) is 4.80. The smallest absolute Gasteiger partial charge is 0.337 e. The topological polar surface area (TPSA) is 67.4 Å². The average molecular weight is 222 g/mol. The molecule has 1 aromatic carbocycles. The van der Waals surface area contributed by atoms with E-state index in [-0.39, 0.29) is 12.5 Å². The Labute approximate surface area is 93.8 Å². The number of ether oxygens (including phenoxy) is 1. The van der Waals surface area contributed by atoms with E-state index in [1.165, 1.54) is 7.11 Å². The number of nitrogens with one attached hydrogen (secondary N) is 2. The lowest BCUT2D eigenvalue weighted by atomic mass is 10.2. The third-order valence-electron chi connectivity index (χ3n) is 1.93. The van der Waals surface area contributed by atoms with Gasteiger partial charge in [0.1, 0.15) is 0 Å². The van der Waals surface area contributed by atoms with Gasteiger partial charge >= 0.3 is 5.97 Å². The van der Waals surface area contributed by atoms with Crippen LogP contribution >= 0.6 is 0 Å². The molecule has 0 spiro atoms. The van der Waals surface area contributed by atoms with Gasteiger partial charge in [0.25, 0.3) is 0 Å². The Morgan fingerprint density at radius 3 is 2.38 bits per heavy atom. The van der Waals surface area contributed by atoms with E-state index >= 15 is 0 Å². The zero-order valence-electron chi connectivity index (χ0n) is 9.24. The molecule has 0 bridgehead atoms. The number of benzene rings is 1. The molecule has 5 heteroatoms. The van der Waals surface area contributed by atoms with Crippen molar-refractivity contribution < 1.29 is 14.3 Å². The van der Waals surface area contributed by atoms with Crippen molar-refractivity contribution in [1.82, 2.24) is 5.32 Å². The highest BCUT2D eigenvalue weighted by Crippen LogP contribution is 2.09. The summed E-state index contributed by atoms with van der Waals surface area (Å²) in [6, 6.07) is 6.50. The second-order valence-electron chi connectivity index (χ2n) is 3.15. The Morgan fingerprint density at radius 1 is 1.25 bits per heavy atom. The van der Waals surface area contributed by atoms with Crippen molar-refractivity contribution in [2.45, 2.75) is 0 Å². The van der Waals surface area contributed by atoms with Gasteiger partial charge in [-0.25, -0.2) is 4.79 Å². The van der Waals surface area contributed by atoms with E-state index in [0.717, 1.165) is 0 Å². The number of likely N-dealkylation sites (N-methyl/N-ethyl adjacent to an activating group) is 1. The molecular formula is C11H14N2O3. The molecule has 0 unspecified atom stereocenters. The number of carbonyl (C=O) groups is 2. The van der Waals surface area contributed by atoms with Crippen molar-refractivity contribution in [2.24, 2.45) is 0 Å². The molecule has 1 amide bonds. The fourth-order valence-electron chi connectivity index (χ4n) is 1.17. The van der Waals surface area contributed by atoms with E-state index < -0.39 is 5.97 Å². The van der Waals surface area contributed by atoms with Crippen LogP contribution in [0.25, 0.3) is 0 Å². The SMILES string of the molecule is CNCC(=O)Nc1ccc(C(=O)OC)cc1. The summed E-state index contributed by atoms with van der Waals surface area (Å²) in [5, 5.41) is 5.41. The van der Waals surface area contributed by atoms with Gasteiger partial charge in [0.2, 0.25) is 5.91 Å². The molecule has 1 aromatic rings. The Kier molecular flexibility index (Phi) is 4.47. The van der Waals surface area contributed by atoms with E-state index in [1.807, 2.05) is 0 Å². The molecule has 0 atom stereocenters. The quantitative estimate of drug-likeness (QED) is 0.733. The Morgan fingerprint density at radius 2 is 1.88 bits per heavy atom. The minimum atomic E-state index is -0.395. The molecule has 0 aliphatic rings. The van der Waals surface area contributed by atoms with Crippen LogP contribution in [0.3, 0.4) is 0 Å². The van der Waals surface area contributed by atoms with E-state index in [9.17, 15) is 9.59 Å². The van der Waals surface area contributed by atoms with Crippen LogP contribution in [0.2, 0.25) is 0 Å². The van der Waals surface area contributed by atoms with E-state index in [4.69, 9.17) is 0 Å². The summed E-state index contributed by atoms with van der Waals surface area (Å²) in [7, 11) is 3.02. The molecule has 0 aliphatic carbocycles. The standard InChI is InChI=1S/C11H14N2O3/c1-12-7-10(14)13-9-5-3-8(4-6-9)11(15)16-2/h3-6,12H,7H2,1-2H3,(H,13,14). The van der Waals surface area contributed by atoms with Gasteiger partial charge < -0.3 is 15.4 Å². The van der Waals surface area contributed by atoms with Gasteiger partial charge in [-0.15, -0.1) is 0 Å². The maximum atomic E-state index is 11.2. The zero-order chi connectivity index (χ0) is 12.0. The first-order valence-corrected chi connectivity index (χ1v) is 4.80. The molecule has 0 aromatic heterocycles. The predicted molar refractivity (Wildman–Crippen MR) is 60.3 cm³/mol. The minimum absolute atomic E-state index is 0.131. The molecule has 5 nitrogen and oxygen atoms in total. The molecular weight excluding hydrogens is 208 g/mol. The lowest BCUT2D eigenvalue weighted by molar-refractivity contribution is -0.115. The average Bonchev–Trinajstić information content (AvgIpc) is 2.29. The van der Waals surface area contributed by atoms with E-state index in [1.54, 1.807) is 31.3 Å². The first-order chi connectivity index (χ1) is 7.67. The lowest BCUT2D eigenvalue weighted by Crippen LogP contribution is -2.25. The maximum absolute atomic E-state index is 11.2. The number of anilines is 1. The Bertz CT molecular complexity index is 373. The van der Waals surface area contributed by atoms with Crippen LogP contribution in [0.4, 0.5) is 5.69 Å². The molecule has 1 rings (SSSR count). The second kappa shape index (κ2) is 5.87. The maximum Gasteiger partial charge on any atom is 0.337 e. The normalized spacial score (nSPS) is 9.62. The highest BCUT2D eigenvalue weighted by molar-refractivity contribution is 5.93. The molecule has 0 heterocycles. The highest BCUT2D eigenvalue weighted by Gasteiger charge is 2.05. The lowest BCUT2D eigenvalue weighted by Gasteiger charge is -2.05. The van der Waals surface area contributed by atoms with Gasteiger partial charge in [0.05, 0.1) is 19.2 Å². The molecule has 0 saturated heterocycles. The van der Waals surface area contributed by atoms with Crippen LogP contribution in [0.15, 0.2) is 24.3 Å². The summed E-state index contributed by atoms with van der Waals surface area (Å²) in [5.74, 6) is -0.526. The number of rotatable bonds is 4. The molecule has 86 valence electrons. The van der Waals surface area contributed by atoms with Crippen LogP contribution in [0, 0.1) is 0 Å². The van der Waals surface area contributed by atoms with Crippen molar-refractivity contribution in [2.75, 3.05) is 26.0 Å². The minimum Gasteiger partial charge on any atom is -0.465 e. The summed E-state index contributed by atoms with van der Waals surface area (Å²) >= 11 is 0. The van der Waals surface area contributed by atoms with Crippen molar-refractivity contribution in [3.8, 4) is 0 Å². The van der Waals surface area contributed by atoms with Gasteiger partial charge in [0, 0.05) is 5.69 Å². The summed E-state index contributed by atoms with van der Waals surface area (Å²) in [5.41, 5.74) is 1.10. The summed E-state index contributed by atoms with van der Waals surface area (Å²) in [4.78, 5) is 22.4. The van der Waals surface area contributed by atoms with E-state index in [2.05, 4.69) is 15.4 Å². The highest BCUT2D eigenvalue weighted by atomic mass is 16.5. The number of hydrogen-bond donors (Lipinski definition) is 2. The number of esters is 1. The molecule has 0 aliphatic heterocycles. The monoisotopic (exact) mass is 222 g/mol. The summed E-state index contributed by atoms with van der Waals surface area (Å²) < 4.78 is 4.56. The van der Waals surface area contributed by atoms with E-state index in [0.29, 0.717) is 11.3 Å². The fraction of sp³-hybridized carbons (Fsp3) is 0.273. The number of methoxy groups -OCH3 is 1. The Hall–Kier alpha value is -1.88. The molecule has 0 fully saturated rings. The van der Waals surface area contributed by atoms with Gasteiger partial charge in [0.15, 0.2) is 0 Å². The summed E-state index contributed by atoms with van der Waals surface area (Å²) in [6.45, 7) is 0.249. The summed E-state index contributed by atoms with van der Waals surface area (Å²) in [6.07, 6.45) is 0. The van der Waals surface area contributed by atoms with Gasteiger partial charge in [-0.3, -0.25) is 4.79 Å². The predicted octanol–water partition coefficient (Wildman–Crippen LogP) is 0.631. The van der Waals surface area contributed by atoms with Gasteiger partial charge in [-0.2, -0.15) is 0 Å². The molecule has 0 saturated carbocycles. The van der Waals surface area contributed by atoms with Crippen molar-refractivity contribution in [3.63, 3.8) is 0 Å².